The van der Waals surface area contributed by atoms with Crippen molar-refractivity contribution in [3.05, 3.63) is 23.8 Å². The van der Waals surface area contributed by atoms with E-state index < -0.39 is 0 Å². The summed E-state index contributed by atoms with van der Waals surface area (Å²) in [6.07, 6.45) is 5.38. The van der Waals surface area contributed by atoms with E-state index in [1.807, 2.05) is 19.1 Å². The molecule has 1 aliphatic carbocycles. The summed E-state index contributed by atoms with van der Waals surface area (Å²) in [5.41, 5.74) is 6.60. The number of ether oxygens (including phenoxy) is 2. The third kappa shape index (κ3) is 4.14. The molecule has 0 saturated heterocycles. The summed E-state index contributed by atoms with van der Waals surface area (Å²) in [7, 11) is 0. The summed E-state index contributed by atoms with van der Waals surface area (Å²) in [6.45, 7) is 3.09. The Morgan fingerprint density at radius 2 is 1.92 bits per heavy atom. The van der Waals surface area contributed by atoms with Crippen molar-refractivity contribution in [1.29, 1.82) is 0 Å². The fraction of sp³-hybridized carbons (Fsp3) is 0.611. The highest BCUT2D eigenvalue weighted by molar-refractivity contribution is 5.85. The first kappa shape index (κ1) is 18.9. The lowest BCUT2D eigenvalue weighted by molar-refractivity contribution is -0.123. The van der Waals surface area contributed by atoms with E-state index in [1.54, 1.807) is 0 Å². The van der Waals surface area contributed by atoms with Crippen LogP contribution in [0.4, 0.5) is 0 Å². The molecule has 3 N–H and O–H groups in total. The first-order chi connectivity index (χ1) is 11.1. The SMILES string of the molecule is CC(N)CCC(=O)NC1(c2ccc3c(c2)OCCO3)CCCC1.Cl. The van der Waals surface area contributed by atoms with Crippen molar-refractivity contribution in [2.45, 2.75) is 57.0 Å². The van der Waals surface area contributed by atoms with E-state index in [1.165, 1.54) is 0 Å². The van der Waals surface area contributed by atoms with Crippen LogP contribution in [0, 0.1) is 0 Å². The van der Waals surface area contributed by atoms with Crippen molar-refractivity contribution in [2.24, 2.45) is 5.73 Å². The van der Waals surface area contributed by atoms with Crippen LogP contribution in [0.15, 0.2) is 18.2 Å². The van der Waals surface area contributed by atoms with Gasteiger partial charge in [0.1, 0.15) is 13.2 Å². The van der Waals surface area contributed by atoms with E-state index in [2.05, 4.69) is 11.4 Å². The summed E-state index contributed by atoms with van der Waals surface area (Å²) in [5.74, 6) is 1.65. The van der Waals surface area contributed by atoms with Crippen molar-refractivity contribution in [3.63, 3.8) is 0 Å². The highest BCUT2D eigenvalue weighted by atomic mass is 35.5. The molecule has 1 atom stereocenters. The largest absolute Gasteiger partial charge is 0.486 e. The van der Waals surface area contributed by atoms with Gasteiger partial charge >= 0.3 is 0 Å². The maximum atomic E-state index is 12.3. The zero-order valence-electron chi connectivity index (χ0n) is 14.2. The number of nitrogens with one attached hydrogen (secondary N) is 1. The molecule has 134 valence electrons. The van der Waals surface area contributed by atoms with E-state index in [0.29, 0.717) is 26.1 Å². The van der Waals surface area contributed by atoms with Crippen LogP contribution >= 0.6 is 12.4 Å². The molecule has 2 aliphatic rings. The molecule has 1 amide bonds. The highest BCUT2D eigenvalue weighted by Gasteiger charge is 2.37. The average Bonchev–Trinajstić information content (AvgIpc) is 3.02. The second-order valence-electron chi connectivity index (χ2n) is 6.71. The molecule has 1 aromatic rings. The second kappa shape index (κ2) is 8.08. The number of rotatable bonds is 5. The lowest BCUT2D eigenvalue weighted by Gasteiger charge is -2.32. The molecule has 0 aromatic heterocycles. The van der Waals surface area contributed by atoms with Crippen LogP contribution in [0.2, 0.25) is 0 Å². The maximum Gasteiger partial charge on any atom is 0.220 e. The van der Waals surface area contributed by atoms with Crippen molar-refractivity contribution in [3.8, 4) is 11.5 Å². The molecule has 1 saturated carbocycles. The molecular weight excluding hydrogens is 328 g/mol. The minimum absolute atomic E-state index is 0. The molecule has 6 heteroatoms. The zero-order chi connectivity index (χ0) is 16.3. The van der Waals surface area contributed by atoms with Crippen molar-refractivity contribution >= 4 is 18.3 Å². The van der Waals surface area contributed by atoms with Crippen LogP contribution in [-0.2, 0) is 10.3 Å². The first-order valence-corrected chi connectivity index (χ1v) is 8.56. The van der Waals surface area contributed by atoms with Gasteiger partial charge in [0.25, 0.3) is 0 Å². The van der Waals surface area contributed by atoms with Crippen molar-refractivity contribution < 1.29 is 14.3 Å². The number of fused-ring (bicyclic) bond motifs is 1. The monoisotopic (exact) mass is 354 g/mol. The fourth-order valence-corrected chi connectivity index (χ4v) is 3.49. The molecule has 1 fully saturated rings. The van der Waals surface area contributed by atoms with Gasteiger partial charge in [0.2, 0.25) is 5.91 Å². The van der Waals surface area contributed by atoms with Gasteiger partial charge in [-0.1, -0.05) is 18.9 Å². The Balaban J connectivity index is 0.00000208. The van der Waals surface area contributed by atoms with Gasteiger partial charge in [-0.3, -0.25) is 4.79 Å². The summed E-state index contributed by atoms with van der Waals surface area (Å²) in [4.78, 5) is 12.3. The normalized spacial score (nSPS) is 19.2. The molecule has 0 spiro atoms. The van der Waals surface area contributed by atoms with E-state index in [4.69, 9.17) is 15.2 Å². The molecule has 1 unspecified atom stereocenters. The van der Waals surface area contributed by atoms with Gasteiger partial charge in [-0.2, -0.15) is 0 Å². The smallest absolute Gasteiger partial charge is 0.220 e. The number of amides is 1. The van der Waals surface area contributed by atoms with E-state index >= 15 is 0 Å². The number of carbonyl (C=O) groups excluding carboxylic acids is 1. The van der Waals surface area contributed by atoms with Crippen molar-refractivity contribution in [2.75, 3.05) is 13.2 Å². The minimum Gasteiger partial charge on any atom is -0.486 e. The molecule has 1 aromatic carbocycles. The number of carbonyl (C=O) groups is 1. The summed E-state index contributed by atoms with van der Waals surface area (Å²) < 4.78 is 11.3. The van der Waals surface area contributed by atoms with E-state index in [9.17, 15) is 4.79 Å². The molecule has 24 heavy (non-hydrogen) atoms. The van der Waals surface area contributed by atoms with Gasteiger partial charge in [0.05, 0.1) is 5.54 Å². The van der Waals surface area contributed by atoms with Crippen LogP contribution < -0.4 is 20.5 Å². The fourth-order valence-electron chi connectivity index (χ4n) is 3.49. The average molecular weight is 355 g/mol. The predicted octanol–water partition coefficient (Wildman–Crippen LogP) is 2.89. The third-order valence-electron chi connectivity index (χ3n) is 4.76. The Bertz CT molecular complexity index is 571. The van der Waals surface area contributed by atoms with Gasteiger partial charge < -0.3 is 20.5 Å². The molecule has 3 rings (SSSR count). The highest BCUT2D eigenvalue weighted by Crippen LogP contribution is 2.42. The molecule has 0 bridgehead atoms. The Labute approximate surface area is 149 Å². The predicted molar refractivity (Wildman–Crippen MR) is 95.9 cm³/mol. The van der Waals surface area contributed by atoms with Crippen LogP contribution in [0.5, 0.6) is 11.5 Å². The number of nitrogens with two attached hydrogens (primary N) is 1. The molecular formula is C18H27ClN2O3. The van der Waals surface area contributed by atoms with Gasteiger partial charge in [-0.15, -0.1) is 12.4 Å². The molecule has 1 aliphatic heterocycles. The van der Waals surface area contributed by atoms with Crippen LogP contribution in [0.1, 0.15) is 51.0 Å². The number of hydrogen-bond acceptors (Lipinski definition) is 4. The lowest BCUT2D eigenvalue weighted by Crippen LogP contribution is -2.44. The topological polar surface area (TPSA) is 73.6 Å². The Morgan fingerprint density at radius 1 is 1.25 bits per heavy atom. The summed E-state index contributed by atoms with van der Waals surface area (Å²) >= 11 is 0. The maximum absolute atomic E-state index is 12.3. The van der Waals surface area contributed by atoms with Gasteiger partial charge in [-0.25, -0.2) is 0 Å². The van der Waals surface area contributed by atoms with Crippen LogP contribution in [-0.4, -0.2) is 25.2 Å². The van der Waals surface area contributed by atoms with Gasteiger partial charge in [0.15, 0.2) is 11.5 Å². The standard InChI is InChI=1S/C18H26N2O3.ClH/c1-13(19)4-7-17(21)20-18(8-2-3-9-18)14-5-6-15-16(12-14)23-11-10-22-15;/h5-6,12-13H,2-4,7-11,19H2,1H3,(H,20,21);1H. The van der Waals surface area contributed by atoms with Crippen LogP contribution in [0.25, 0.3) is 0 Å². The van der Waals surface area contributed by atoms with E-state index in [0.717, 1.165) is 42.7 Å². The molecule has 1 heterocycles. The second-order valence-corrected chi connectivity index (χ2v) is 6.71. The Kier molecular flexibility index (Phi) is 6.35. The molecule has 5 nitrogen and oxygen atoms in total. The first-order valence-electron chi connectivity index (χ1n) is 8.56. The third-order valence-corrected chi connectivity index (χ3v) is 4.76. The number of halogens is 1. The van der Waals surface area contributed by atoms with Gasteiger partial charge in [0, 0.05) is 12.5 Å². The van der Waals surface area contributed by atoms with Crippen LogP contribution in [0.3, 0.4) is 0 Å². The van der Waals surface area contributed by atoms with Gasteiger partial charge in [-0.05, 0) is 43.9 Å². The number of hydrogen-bond donors (Lipinski definition) is 2. The summed E-state index contributed by atoms with van der Waals surface area (Å²) in [6, 6.07) is 6.10. The quantitative estimate of drug-likeness (QED) is 0.852. The van der Waals surface area contributed by atoms with Crippen molar-refractivity contribution in [1.82, 2.24) is 5.32 Å². The Morgan fingerprint density at radius 3 is 2.58 bits per heavy atom. The van der Waals surface area contributed by atoms with E-state index in [-0.39, 0.29) is 29.9 Å². The lowest BCUT2D eigenvalue weighted by atomic mass is 9.87. The molecule has 0 radical (unpaired) electrons. The zero-order valence-corrected chi connectivity index (χ0v) is 15.0. The minimum atomic E-state index is -0.273. The number of benzene rings is 1. The summed E-state index contributed by atoms with van der Waals surface area (Å²) in [5, 5.41) is 3.28. The Hall–Kier alpha value is -1.46.